The third-order valence-electron chi connectivity index (χ3n) is 4.71. The van der Waals surface area contributed by atoms with Gasteiger partial charge in [-0.15, -0.1) is 0 Å². The summed E-state index contributed by atoms with van der Waals surface area (Å²) < 4.78 is 0. The summed E-state index contributed by atoms with van der Waals surface area (Å²) in [6, 6.07) is 11.2. The second kappa shape index (κ2) is 8.37. The molecule has 27 heavy (non-hydrogen) atoms. The van der Waals surface area contributed by atoms with Gasteiger partial charge < -0.3 is 15.1 Å². The van der Waals surface area contributed by atoms with E-state index >= 15 is 0 Å². The van der Waals surface area contributed by atoms with Crippen LogP contribution < -0.4 is 10.2 Å². The van der Waals surface area contributed by atoms with E-state index in [0.717, 1.165) is 38.4 Å². The molecule has 7 nitrogen and oxygen atoms in total. The molecule has 142 valence electrons. The van der Waals surface area contributed by atoms with Gasteiger partial charge >= 0.3 is 0 Å². The molecule has 1 amide bonds. The van der Waals surface area contributed by atoms with Crippen LogP contribution in [0.1, 0.15) is 17.3 Å². The second-order valence-electron chi connectivity index (χ2n) is 6.31. The highest BCUT2D eigenvalue weighted by molar-refractivity contribution is 6.31. The molecule has 1 aliphatic rings. The zero-order valence-electron chi connectivity index (χ0n) is 15.0. The van der Waals surface area contributed by atoms with Crippen molar-refractivity contribution in [1.29, 1.82) is 0 Å². The van der Waals surface area contributed by atoms with Crippen molar-refractivity contribution in [3.63, 3.8) is 0 Å². The summed E-state index contributed by atoms with van der Waals surface area (Å²) in [6.07, 6.45) is 0. The maximum Gasteiger partial charge on any atom is 0.282 e. The smallest absolute Gasteiger partial charge is 0.282 e. The first-order valence-corrected chi connectivity index (χ1v) is 9.19. The van der Waals surface area contributed by atoms with Crippen molar-refractivity contribution in [3.8, 4) is 0 Å². The highest BCUT2D eigenvalue weighted by Gasteiger charge is 2.22. The number of hydrogen-bond acceptors (Lipinski definition) is 5. The molecule has 1 aliphatic heterocycles. The second-order valence-corrected chi connectivity index (χ2v) is 6.75. The Hall–Kier alpha value is -2.64. The van der Waals surface area contributed by atoms with E-state index in [1.165, 1.54) is 18.2 Å². The number of anilines is 2. The highest BCUT2D eigenvalue weighted by Crippen LogP contribution is 2.31. The fourth-order valence-corrected chi connectivity index (χ4v) is 3.38. The molecule has 0 atom stereocenters. The predicted molar refractivity (Wildman–Crippen MR) is 107 cm³/mol. The van der Waals surface area contributed by atoms with Crippen LogP contribution in [0.25, 0.3) is 0 Å². The van der Waals surface area contributed by atoms with Crippen LogP contribution in [0.2, 0.25) is 5.02 Å². The highest BCUT2D eigenvalue weighted by atomic mass is 35.5. The first-order valence-electron chi connectivity index (χ1n) is 8.81. The van der Waals surface area contributed by atoms with E-state index in [9.17, 15) is 14.9 Å². The number of nitro groups is 1. The summed E-state index contributed by atoms with van der Waals surface area (Å²) in [6.45, 7) is 6.70. The summed E-state index contributed by atoms with van der Waals surface area (Å²) in [5.74, 6) is -0.530. The van der Waals surface area contributed by atoms with Crippen molar-refractivity contribution in [2.45, 2.75) is 6.92 Å². The first kappa shape index (κ1) is 19.1. The standard InChI is InChI=1S/C19H21ClN4O3/c1-2-22-9-11-23(12-10-22)18-8-7-14(20)13-16(18)21-19(25)15-5-3-4-6-17(15)24(26)27/h3-8,13H,2,9-12H2,1H3,(H,21,25). The van der Waals surface area contributed by atoms with Gasteiger partial charge in [-0.05, 0) is 30.8 Å². The van der Waals surface area contributed by atoms with Gasteiger partial charge in [0.05, 0.1) is 16.3 Å². The van der Waals surface area contributed by atoms with Crippen LogP contribution in [0.15, 0.2) is 42.5 Å². The number of amides is 1. The molecule has 0 aromatic heterocycles. The van der Waals surface area contributed by atoms with Gasteiger partial charge in [-0.1, -0.05) is 30.7 Å². The number of nitrogens with one attached hydrogen (secondary N) is 1. The summed E-state index contributed by atoms with van der Waals surface area (Å²) in [4.78, 5) is 27.9. The Bertz CT molecular complexity index is 851. The Morgan fingerprint density at radius 3 is 2.56 bits per heavy atom. The van der Waals surface area contributed by atoms with Gasteiger partial charge in [0.25, 0.3) is 11.6 Å². The van der Waals surface area contributed by atoms with Crippen LogP contribution in [0.5, 0.6) is 0 Å². The molecule has 1 N–H and O–H groups in total. The zero-order chi connectivity index (χ0) is 19.4. The molecule has 1 saturated heterocycles. The number of nitrogens with zero attached hydrogens (tertiary/aromatic N) is 3. The largest absolute Gasteiger partial charge is 0.367 e. The van der Waals surface area contributed by atoms with E-state index in [-0.39, 0.29) is 11.3 Å². The van der Waals surface area contributed by atoms with Crippen molar-refractivity contribution >= 4 is 34.6 Å². The van der Waals surface area contributed by atoms with Gasteiger partial charge in [0.15, 0.2) is 0 Å². The average molecular weight is 389 g/mol. The summed E-state index contributed by atoms with van der Waals surface area (Å²) in [5, 5.41) is 14.5. The Kier molecular flexibility index (Phi) is 5.93. The van der Waals surface area contributed by atoms with Gasteiger partial charge in [-0.2, -0.15) is 0 Å². The van der Waals surface area contributed by atoms with Gasteiger partial charge in [0, 0.05) is 37.3 Å². The Balaban J connectivity index is 1.86. The number of para-hydroxylation sites is 1. The lowest BCUT2D eigenvalue weighted by Crippen LogP contribution is -2.46. The van der Waals surface area contributed by atoms with Crippen molar-refractivity contribution in [2.75, 3.05) is 42.9 Å². The minimum atomic E-state index is -0.558. The summed E-state index contributed by atoms with van der Waals surface area (Å²) in [5.41, 5.74) is 1.21. The van der Waals surface area contributed by atoms with Gasteiger partial charge in [0.1, 0.15) is 5.56 Å². The van der Waals surface area contributed by atoms with Crippen LogP contribution in [0.4, 0.5) is 17.1 Å². The van der Waals surface area contributed by atoms with Crippen LogP contribution in [-0.4, -0.2) is 48.5 Å². The van der Waals surface area contributed by atoms with Gasteiger partial charge in [-0.3, -0.25) is 14.9 Å². The lowest BCUT2D eigenvalue weighted by atomic mass is 10.1. The molecule has 0 bridgehead atoms. The van der Waals surface area contributed by atoms with E-state index in [4.69, 9.17) is 11.6 Å². The van der Waals surface area contributed by atoms with Crippen molar-refractivity contribution in [3.05, 3.63) is 63.2 Å². The third kappa shape index (κ3) is 4.37. The fraction of sp³-hybridized carbons (Fsp3) is 0.316. The number of carbonyl (C=O) groups is 1. The fourth-order valence-electron chi connectivity index (χ4n) is 3.20. The number of piperazine rings is 1. The molecule has 1 heterocycles. The molecular weight excluding hydrogens is 368 g/mol. The molecule has 0 unspecified atom stereocenters. The Morgan fingerprint density at radius 2 is 1.89 bits per heavy atom. The molecule has 0 aliphatic carbocycles. The van der Waals surface area contributed by atoms with Crippen molar-refractivity contribution in [2.24, 2.45) is 0 Å². The number of carbonyl (C=O) groups excluding carboxylic acids is 1. The average Bonchev–Trinajstić information content (AvgIpc) is 2.68. The molecule has 3 rings (SSSR count). The lowest BCUT2D eigenvalue weighted by molar-refractivity contribution is -0.385. The SMILES string of the molecule is CCN1CCN(c2ccc(Cl)cc2NC(=O)c2ccccc2[N+](=O)[O-])CC1. The van der Waals surface area contributed by atoms with Crippen LogP contribution in [-0.2, 0) is 0 Å². The molecule has 1 fully saturated rings. The van der Waals surface area contributed by atoms with Gasteiger partial charge in [-0.25, -0.2) is 0 Å². The Labute approximate surface area is 162 Å². The maximum atomic E-state index is 12.7. The molecule has 2 aromatic carbocycles. The Morgan fingerprint density at radius 1 is 1.19 bits per heavy atom. The van der Waals surface area contributed by atoms with Gasteiger partial charge in [0.2, 0.25) is 0 Å². The summed E-state index contributed by atoms with van der Waals surface area (Å²) in [7, 11) is 0. The molecule has 2 aromatic rings. The quantitative estimate of drug-likeness (QED) is 0.624. The molecule has 0 radical (unpaired) electrons. The molecule has 0 saturated carbocycles. The molecular formula is C19H21ClN4O3. The molecule has 0 spiro atoms. The number of halogens is 1. The number of rotatable bonds is 5. The third-order valence-corrected chi connectivity index (χ3v) is 4.95. The minimum Gasteiger partial charge on any atom is -0.367 e. The molecule has 8 heteroatoms. The summed E-state index contributed by atoms with van der Waals surface area (Å²) >= 11 is 6.13. The van der Waals surface area contributed by atoms with E-state index in [0.29, 0.717) is 10.7 Å². The number of likely N-dealkylation sites (N-methyl/N-ethyl adjacent to an activating group) is 1. The maximum absolute atomic E-state index is 12.7. The van der Waals surface area contributed by atoms with Crippen molar-refractivity contribution in [1.82, 2.24) is 4.90 Å². The van der Waals surface area contributed by atoms with Crippen molar-refractivity contribution < 1.29 is 9.72 Å². The van der Waals surface area contributed by atoms with Crippen LogP contribution in [0, 0.1) is 10.1 Å². The lowest BCUT2D eigenvalue weighted by Gasteiger charge is -2.36. The first-order chi connectivity index (χ1) is 13.0. The minimum absolute atomic E-state index is 0.0178. The predicted octanol–water partition coefficient (Wildman–Crippen LogP) is 3.64. The monoisotopic (exact) mass is 388 g/mol. The van der Waals surface area contributed by atoms with E-state index in [1.54, 1.807) is 18.2 Å². The van der Waals surface area contributed by atoms with Crippen LogP contribution >= 0.6 is 11.6 Å². The van der Waals surface area contributed by atoms with E-state index in [2.05, 4.69) is 22.0 Å². The normalized spacial score (nSPS) is 14.8. The number of nitro benzene ring substituents is 1. The zero-order valence-corrected chi connectivity index (χ0v) is 15.8. The van der Waals surface area contributed by atoms with Crippen LogP contribution in [0.3, 0.4) is 0 Å². The van der Waals surface area contributed by atoms with E-state index < -0.39 is 10.8 Å². The topological polar surface area (TPSA) is 78.7 Å². The number of hydrogen-bond donors (Lipinski definition) is 1. The van der Waals surface area contributed by atoms with E-state index in [1.807, 2.05) is 6.07 Å². The number of benzene rings is 2.